The number of carboxylic acids is 1. The molecule has 1 fully saturated rings. The fourth-order valence-corrected chi connectivity index (χ4v) is 3.46. The maximum absolute atomic E-state index is 10.8. The Labute approximate surface area is 125 Å². The molecule has 0 amide bonds. The third kappa shape index (κ3) is 3.03. The van der Waals surface area contributed by atoms with Crippen molar-refractivity contribution in [3.05, 3.63) is 11.9 Å². The lowest BCUT2D eigenvalue weighted by Crippen LogP contribution is -2.34. The highest BCUT2D eigenvalue weighted by Crippen LogP contribution is 2.47. The number of hydrogen-bond acceptors (Lipinski definition) is 3. The van der Waals surface area contributed by atoms with Gasteiger partial charge in [0.1, 0.15) is 0 Å². The number of carboxylic acid groups (broad SMARTS) is 1. The number of rotatable bonds is 5. The lowest BCUT2D eigenvalue weighted by Gasteiger charge is -2.34. The van der Waals surface area contributed by atoms with Crippen LogP contribution in [0, 0.1) is 5.92 Å². The van der Waals surface area contributed by atoms with Crippen molar-refractivity contribution in [3.63, 3.8) is 0 Å². The molecule has 0 aromatic carbocycles. The summed E-state index contributed by atoms with van der Waals surface area (Å²) in [7, 11) is 0. The zero-order valence-electron chi connectivity index (χ0n) is 12.9. The first kappa shape index (κ1) is 15.4. The molecule has 2 rings (SSSR count). The molecule has 1 aliphatic rings. The molecular weight excluding hydrogens is 272 g/mol. The Hall–Kier alpha value is -0.970. The predicted molar refractivity (Wildman–Crippen MR) is 81.3 cm³/mol. The van der Waals surface area contributed by atoms with E-state index in [0.29, 0.717) is 5.92 Å². The first-order chi connectivity index (χ1) is 9.14. The summed E-state index contributed by atoms with van der Waals surface area (Å²) in [4.78, 5) is 15.3. The smallest absolute Gasteiger partial charge is 0.313 e. The Bertz CT molecular complexity index is 510. The number of aromatic nitrogens is 2. The van der Waals surface area contributed by atoms with Crippen molar-refractivity contribution in [2.75, 3.05) is 5.75 Å². The topological polar surface area (TPSA) is 55.1 Å². The number of nitrogens with zero attached hydrogens (tertiary/aromatic N) is 2. The van der Waals surface area contributed by atoms with Crippen molar-refractivity contribution in [2.45, 2.75) is 63.6 Å². The molecule has 1 heterocycles. The van der Waals surface area contributed by atoms with Crippen molar-refractivity contribution in [3.8, 4) is 0 Å². The second kappa shape index (κ2) is 5.10. The SMILES string of the molecule is CC(C)(C)c1cnc(SCC(=O)O)n1C(C)(C)C1CC1. The van der Waals surface area contributed by atoms with E-state index in [1.807, 2.05) is 6.20 Å². The molecule has 0 aliphatic heterocycles. The molecular formula is C15H24N2O2S. The fraction of sp³-hybridized carbons (Fsp3) is 0.733. The Morgan fingerprint density at radius 3 is 2.45 bits per heavy atom. The van der Waals surface area contributed by atoms with Crippen LogP contribution < -0.4 is 0 Å². The molecule has 0 spiro atoms. The second-order valence-corrected chi connectivity index (χ2v) is 8.06. The summed E-state index contributed by atoms with van der Waals surface area (Å²) in [5, 5.41) is 9.73. The highest BCUT2D eigenvalue weighted by atomic mass is 32.2. The number of aliphatic carboxylic acids is 1. The van der Waals surface area contributed by atoms with Gasteiger partial charge in [-0.1, -0.05) is 32.5 Å². The molecule has 0 saturated heterocycles. The maximum atomic E-state index is 10.8. The normalized spacial score (nSPS) is 16.4. The van der Waals surface area contributed by atoms with E-state index in [2.05, 4.69) is 44.2 Å². The Morgan fingerprint density at radius 2 is 2.00 bits per heavy atom. The Kier molecular flexibility index (Phi) is 3.93. The van der Waals surface area contributed by atoms with E-state index in [4.69, 9.17) is 5.11 Å². The van der Waals surface area contributed by atoms with E-state index in [1.54, 1.807) is 0 Å². The van der Waals surface area contributed by atoms with Crippen molar-refractivity contribution in [2.24, 2.45) is 5.92 Å². The van der Waals surface area contributed by atoms with E-state index in [0.717, 1.165) is 5.16 Å². The zero-order chi connectivity index (χ0) is 15.1. The van der Waals surface area contributed by atoms with E-state index in [9.17, 15) is 4.79 Å². The van der Waals surface area contributed by atoms with Gasteiger partial charge in [0, 0.05) is 22.8 Å². The van der Waals surface area contributed by atoms with Crippen molar-refractivity contribution >= 4 is 17.7 Å². The summed E-state index contributed by atoms with van der Waals surface area (Å²) in [5.41, 5.74) is 1.18. The maximum Gasteiger partial charge on any atom is 0.313 e. The van der Waals surface area contributed by atoms with Crippen LogP contribution in [0.1, 0.15) is 53.2 Å². The van der Waals surface area contributed by atoms with Gasteiger partial charge in [0.05, 0.1) is 5.75 Å². The van der Waals surface area contributed by atoms with Gasteiger partial charge in [0.15, 0.2) is 5.16 Å². The van der Waals surface area contributed by atoms with Gasteiger partial charge >= 0.3 is 5.97 Å². The summed E-state index contributed by atoms with van der Waals surface area (Å²) in [6.07, 6.45) is 4.41. The van der Waals surface area contributed by atoms with Crippen molar-refractivity contribution < 1.29 is 9.90 Å². The summed E-state index contributed by atoms with van der Waals surface area (Å²) in [5.74, 6) is -0.0745. The van der Waals surface area contributed by atoms with Gasteiger partial charge < -0.3 is 9.67 Å². The predicted octanol–water partition coefficient (Wildman–Crippen LogP) is 3.50. The average Bonchev–Trinajstić information content (AvgIpc) is 3.05. The molecule has 5 heteroatoms. The standard InChI is InChI=1S/C15H24N2O2S/c1-14(2,3)11-8-16-13(20-9-12(18)19)17(11)15(4,5)10-6-7-10/h8,10H,6-7,9H2,1-5H3,(H,18,19). The van der Waals surface area contributed by atoms with Crippen LogP contribution in [0.25, 0.3) is 0 Å². The minimum absolute atomic E-state index is 0.0000496. The van der Waals surface area contributed by atoms with Gasteiger partial charge in [-0.15, -0.1) is 0 Å². The molecule has 1 N–H and O–H groups in total. The van der Waals surface area contributed by atoms with Crippen molar-refractivity contribution in [1.29, 1.82) is 0 Å². The lowest BCUT2D eigenvalue weighted by molar-refractivity contribution is -0.133. The Balaban J connectivity index is 2.42. The summed E-state index contributed by atoms with van der Waals surface area (Å²) in [6, 6.07) is 0. The molecule has 1 aliphatic carbocycles. The van der Waals surface area contributed by atoms with Crippen LogP contribution >= 0.6 is 11.8 Å². The fourth-order valence-electron chi connectivity index (χ4n) is 2.62. The zero-order valence-corrected chi connectivity index (χ0v) is 13.8. The first-order valence-corrected chi connectivity index (χ1v) is 8.06. The molecule has 112 valence electrons. The van der Waals surface area contributed by atoms with Crippen LogP contribution in [0.4, 0.5) is 0 Å². The van der Waals surface area contributed by atoms with E-state index in [1.165, 1.54) is 30.3 Å². The number of hydrogen-bond donors (Lipinski definition) is 1. The Morgan fingerprint density at radius 1 is 1.40 bits per heavy atom. The summed E-state index contributed by atoms with van der Waals surface area (Å²) < 4.78 is 2.28. The van der Waals surface area contributed by atoms with Gasteiger partial charge in [-0.05, 0) is 32.6 Å². The third-order valence-corrected chi connectivity index (χ3v) is 4.91. The van der Waals surface area contributed by atoms with Gasteiger partial charge in [-0.3, -0.25) is 4.79 Å². The summed E-state index contributed by atoms with van der Waals surface area (Å²) >= 11 is 1.32. The molecule has 20 heavy (non-hydrogen) atoms. The number of carbonyl (C=O) groups is 1. The van der Waals surface area contributed by atoms with Crippen LogP contribution in [0.2, 0.25) is 0 Å². The molecule has 1 aromatic rings. The molecule has 1 aromatic heterocycles. The minimum Gasteiger partial charge on any atom is -0.481 e. The molecule has 0 atom stereocenters. The van der Waals surface area contributed by atoms with Crippen molar-refractivity contribution in [1.82, 2.24) is 9.55 Å². The monoisotopic (exact) mass is 296 g/mol. The van der Waals surface area contributed by atoms with Gasteiger partial charge in [-0.2, -0.15) is 0 Å². The highest BCUT2D eigenvalue weighted by molar-refractivity contribution is 7.99. The van der Waals surface area contributed by atoms with Gasteiger partial charge in [0.25, 0.3) is 0 Å². The van der Waals surface area contributed by atoms with Crippen LogP contribution in [0.3, 0.4) is 0 Å². The number of imidazole rings is 1. The van der Waals surface area contributed by atoms with E-state index < -0.39 is 5.97 Å². The third-order valence-electron chi connectivity index (χ3n) is 3.98. The van der Waals surface area contributed by atoms with Gasteiger partial charge in [0.2, 0.25) is 0 Å². The molecule has 0 bridgehead atoms. The first-order valence-electron chi connectivity index (χ1n) is 7.07. The van der Waals surface area contributed by atoms with Crippen LogP contribution in [-0.4, -0.2) is 26.4 Å². The molecule has 1 saturated carbocycles. The molecule has 0 unspecified atom stereocenters. The van der Waals surface area contributed by atoms with Gasteiger partial charge in [-0.25, -0.2) is 4.98 Å². The van der Waals surface area contributed by atoms with Crippen LogP contribution in [0.15, 0.2) is 11.4 Å². The summed E-state index contributed by atoms with van der Waals surface area (Å²) in [6.45, 7) is 11.0. The lowest BCUT2D eigenvalue weighted by atomic mass is 9.89. The minimum atomic E-state index is -0.800. The molecule has 4 nitrogen and oxygen atoms in total. The quantitative estimate of drug-likeness (QED) is 0.845. The van der Waals surface area contributed by atoms with Crippen LogP contribution in [-0.2, 0) is 15.7 Å². The highest BCUT2D eigenvalue weighted by Gasteiger charge is 2.42. The van der Waals surface area contributed by atoms with E-state index in [-0.39, 0.29) is 16.7 Å². The second-order valence-electron chi connectivity index (χ2n) is 7.12. The van der Waals surface area contributed by atoms with Crippen LogP contribution in [0.5, 0.6) is 0 Å². The number of thioether (sulfide) groups is 1. The average molecular weight is 296 g/mol. The largest absolute Gasteiger partial charge is 0.481 e. The van der Waals surface area contributed by atoms with E-state index >= 15 is 0 Å². The molecule has 0 radical (unpaired) electrons.